The van der Waals surface area contributed by atoms with Crippen molar-refractivity contribution in [1.82, 2.24) is 0 Å². The van der Waals surface area contributed by atoms with Gasteiger partial charge in [0.15, 0.2) is 11.6 Å². The second-order valence-electron chi connectivity index (χ2n) is 6.13. The molecule has 2 unspecified atom stereocenters. The van der Waals surface area contributed by atoms with E-state index in [1.54, 1.807) is 0 Å². The highest BCUT2D eigenvalue weighted by Crippen LogP contribution is 2.43. The van der Waals surface area contributed by atoms with E-state index in [1.165, 1.54) is 12.1 Å². The number of halogens is 6. The highest BCUT2D eigenvalue weighted by molar-refractivity contribution is 5.91. The summed E-state index contributed by atoms with van der Waals surface area (Å²) in [5.41, 5.74) is -0.603. The summed E-state index contributed by atoms with van der Waals surface area (Å²) in [5.74, 6) is -4.72. The third-order valence-corrected chi connectivity index (χ3v) is 4.48. The van der Waals surface area contributed by atoms with E-state index < -0.39 is 41.0 Å². The minimum atomic E-state index is -4.51. The normalized spacial score (nSPS) is 21.0. The monoisotopic (exact) mass is 357 g/mol. The maximum absolute atomic E-state index is 13.9. The van der Waals surface area contributed by atoms with E-state index in [-0.39, 0.29) is 24.1 Å². The third kappa shape index (κ3) is 3.41. The van der Waals surface area contributed by atoms with Gasteiger partial charge in [-0.05, 0) is 42.0 Å². The molecule has 132 valence electrons. The summed E-state index contributed by atoms with van der Waals surface area (Å²) in [6.07, 6.45) is -4.34. The van der Waals surface area contributed by atoms with E-state index >= 15 is 0 Å². The Kier molecular flexibility index (Phi) is 4.34. The van der Waals surface area contributed by atoms with E-state index in [9.17, 15) is 26.3 Å². The van der Waals surface area contributed by atoms with Gasteiger partial charge in [-0.2, -0.15) is 13.2 Å². The van der Waals surface area contributed by atoms with Crippen LogP contribution in [0.4, 0.5) is 26.3 Å². The highest BCUT2D eigenvalue weighted by Gasteiger charge is 2.36. The van der Waals surface area contributed by atoms with Gasteiger partial charge >= 0.3 is 6.18 Å². The van der Waals surface area contributed by atoms with Crippen molar-refractivity contribution in [1.29, 1.82) is 5.41 Å². The molecule has 0 spiro atoms. The molecule has 0 aromatic heterocycles. The van der Waals surface area contributed by atoms with Crippen LogP contribution in [-0.4, -0.2) is 5.71 Å². The number of hydrogen-bond donors (Lipinski definition) is 1. The SMILES string of the molecule is N=C1CC(c2cc(F)cc(F)c2F)CC1c1cccc(C(F)(F)F)c1. The molecular weight excluding hydrogens is 344 g/mol. The molecule has 0 heterocycles. The Morgan fingerprint density at radius 1 is 1.00 bits per heavy atom. The lowest BCUT2D eigenvalue weighted by Gasteiger charge is -2.15. The van der Waals surface area contributed by atoms with Gasteiger partial charge in [0.05, 0.1) is 5.56 Å². The van der Waals surface area contributed by atoms with Gasteiger partial charge in [-0.3, -0.25) is 0 Å². The first-order chi connectivity index (χ1) is 11.7. The molecule has 1 aliphatic rings. The van der Waals surface area contributed by atoms with Crippen molar-refractivity contribution in [3.8, 4) is 0 Å². The summed E-state index contributed by atoms with van der Waals surface area (Å²) in [6.45, 7) is 0. The summed E-state index contributed by atoms with van der Waals surface area (Å²) in [5, 5.41) is 8.04. The zero-order valence-corrected chi connectivity index (χ0v) is 12.8. The predicted molar refractivity (Wildman–Crippen MR) is 80.2 cm³/mol. The fourth-order valence-corrected chi connectivity index (χ4v) is 3.30. The van der Waals surface area contributed by atoms with Gasteiger partial charge in [0.1, 0.15) is 5.82 Å². The molecule has 2 aromatic rings. The van der Waals surface area contributed by atoms with Crippen LogP contribution in [0.5, 0.6) is 0 Å². The van der Waals surface area contributed by atoms with Crippen LogP contribution < -0.4 is 0 Å². The molecule has 0 amide bonds. The molecule has 1 nitrogen and oxygen atoms in total. The van der Waals surface area contributed by atoms with Crippen LogP contribution in [-0.2, 0) is 6.18 Å². The first kappa shape index (κ1) is 17.5. The molecule has 0 bridgehead atoms. The van der Waals surface area contributed by atoms with Crippen LogP contribution in [0.2, 0.25) is 0 Å². The molecule has 1 fully saturated rings. The van der Waals surface area contributed by atoms with Crippen LogP contribution in [0.15, 0.2) is 36.4 Å². The molecule has 25 heavy (non-hydrogen) atoms. The van der Waals surface area contributed by atoms with E-state index in [4.69, 9.17) is 5.41 Å². The Morgan fingerprint density at radius 3 is 2.40 bits per heavy atom. The fourth-order valence-electron chi connectivity index (χ4n) is 3.30. The predicted octanol–water partition coefficient (Wildman–Crippen LogP) is 5.80. The minimum absolute atomic E-state index is 0.0424. The van der Waals surface area contributed by atoms with Gasteiger partial charge < -0.3 is 5.41 Å². The second-order valence-corrected chi connectivity index (χ2v) is 6.13. The van der Waals surface area contributed by atoms with Gasteiger partial charge in [0.25, 0.3) is 0 Å². The molecule has 1 aliphatic carbocycles. The van der Waals surface area contributed by atoms with E-state index in [1.807, 2.05) is 0 Å². The zero-order chi connectivity index (χ0) is 18.4. The average Bonchev–Trinajstić information content (AvgIpc) is 2.92. The molecular formula is C18H13F6N. The molecule has 2 atom stereocenters. The lowest BCUT2D eigenvalue weighted by Crippen LogP contribution is -2.08. The highest BCUT2D eigenvalue weighted by atomic mass is 19.4. The standard InChI is InChI=1S/C18H13F6N/c19-12-7-14(17(21)15(20)8-12)10-5-13(16(25)6-10)9-2-1-3-11(4-9)18(22,23)24/h1-4,7-8,10,13,25H,5-6H2. The lowest BCUT2D eigenvalue weighted by atomic mass is 9.91. The quantitative estimate of drug-likeness (QED) is 0.519. The number of nitrogens with one attached hydrogen (secondary N) is 1. The summed E-state index contributed by atoms with van der Waals surface area (Å²) in [4.78, 5) is 0. The van der Waals surface area contributed by atoms with Crippen molar-refractivity contribution in [2.75, 3.05) is 0 Å². The first-order valence-corrected chi connectivity index (χ1v) is 7.55. The van der Waals surface area contributed by atoms with Crippen LogP contribution in [0, 0.1) is 22.9 Å². The lowest BCUT2D eigenvalue weighted by molar-refractivity contribution is -0.137. The summed E-state index contributed by atoms with van der Waals surface area (Å²) >= 11 is 0. The van der Waals surface area contributed by atoms with E-state index in [0.29, 0.717) is 11.6 Å². The van der Waals surface area contributed by atoms with Crippen molar-refractivity contribution in [2.24, 2.45) is 0 Å². The Labute approximate surface area is 139 Å². The van der Waals surface area contributed by atoms with Crippen molar-refractivity contribution in [2.45, 2.75) is 30.9 Å². The molecule has 3 rings (SSSR count). The molecule has 0 saturated heterocycles. The molecule has 2 aromatic carbocycles. The van der Waals surface area contributed by atoms with Crippen molar-refractivity contribution in [3.63, 3.8) is 0 Å². The van der Waals surface area contributed by atoms with Crippen molar-refractivity contribution >= 4 is 5.71 Å². The molecule has 7 heteroatoms. The smallest absolute Gasteiger partial charge is 0.309 e. The molecule has 1 saturated carbocycles. The fraction of sp³-hybridized carbons (Fsp3) is 0.278. The van der Waals surface area contributed by atoms with Crippen molar-refractivity contribution < 1.29 is 26.3 Å². The Morgan fingerprint density at radius 2 is 1.72 bits per heavy atom. The van der Waals surface area contributed by atoms with Gasteiger partial charge in [-0.15, -0.1) is 0 Å². The van der Waals surface area contributed by atoms with Crippen LogP contribution in [0.25, 0.3) is 0 Å². The number of hydrogen-bond acceptors (Lipinski definition) is 1. The van der Waals surface area contributed by atoms with Crippen LogP contribution in [0.3, 0.4) is 0 Å². The summed E-state index contributed by atoms with van der Waals surface area (Å²) in [7, 11) is 0. The molecule has 0 radical (unpaired) electrons. The maximum atomic E-state index is 13.9. The topological polar surface area (TPSA) is 23.9 Å². The Hall–Kier alpha value is -2.31. The van der Waals surface area contributed by atoms with Crippen LogP contribution >= 0.6 is 0 Å². The van der Waals surface area contributed by atoms with E-state index in [2.05, 4.69) is 0 Å². The molecule has 0 aliphatic heterocycles. The number of alkyl halides is 3. The van der Waals surface area contributed by atoms with Gasteiger partial charge in [-0.1, -0.05) is 18.2 Å². The van der Waals surface area contributed by atoms with Crippen molar-refractivity contribution in [3.05, 3.63) is 70.5 Å². The summed E-state index contributed by atoms with van der Waals surface area (Å²) in [6, 6.07) is 5.93. The van der Waals surface area contributed by atoms with Gasteiger partial charge in [-0.25, -0.2) is 13.2 Å². The largest absolute Gasteiger partial charge is 0.416 e. The van der Waals surface area contributed by atoms with E-state index in [0.717, 1.165) is 18.2 Å². The third-order valence-electron chi connectivity index (χ3n) is 4.48. The van der Waals surface area contributed by atoms with Gasteiger partial charge in [0, 0.05) is 17.7 Å². The molecule has 1 N–H and O–H groups in total. The van der Waals surface area contributed by atoms with Gasteiger partial charge in [0.2, 0.25) is 0 Å². The maximum Gasteiger partial charge on any atom is 0.416 e. The average molecular weight is 357 g/mol. The number of benzene rings is 2. The number of rotatable bonds is 2. The van der Waals surface area contributed by atoms with Crippen LogP contribution in [0.1, 0.15) is 41.4 Å². The second kappa shape index (κ2) is 6.20. The minimum Gasteiger partial charge on any atom is -0.309 e. The first-order valence-electron chi connectivity index (χ1n) is 7.55. The Balaban J connectivity index is 1.92. The zero-order valence-electron chi connectivity index (χ0n) is 12.8. The Bertz CT molecular complexity index is 827. The summed E-state index contributed by atoms with van der Waals surface area (Å²) < 4.78 is 79.3.